The highest BCUT2D eigenvalue weighted by Crippen LogP contribution is 2.22. The van der Waals surface area contributed by atoms with E-state index in [0.717, 1.165) is 54.9 Å². The minimum Gasteiger partial charge on any atom is -0.491 e. The van der Waals surface area contributed by atoms with E-state index in [9.17, 15) is 10.2 Å². The van der Waals surface area contributed by atoms with Gasteiger partial charge in [-0.15, -0.1) is 0 Å². The molecule has 6 nitrogen and oxygen atoms in total. The Balaban J connectivity index is 1.03. The Labute approximate surface area is 218 Å². The summed E-state index contributed by atoms with van der Waals surface area (Å²) in [6, 6.07) is 28.4. The molecule has 1 aliphatic heterocycles. The number of aliphatic hydroxyl groups is 2. The molecule has 0 amide bonds. The van der Waals surface area contributed by atoms with Gasteiger partial charge in [-0.1, -0.05) is 60.7 Å². The fourth-order valence-corrected chi connectivity index (χ4v) is 4.99. The molecule has 2 N–H and O–H groups in total. The molecule has 0 aromatic heterocycles. The molecule has 2 atom stereocenters. The summed E-state index contributed by atoms with van der Waals surface area (Å²) in [4.78, 5) is 4.57. The molecule has 0 bridgehead atoms. The van der Waals surface area contributed by atoms with Gasteiger partial charge in [-0.3, -0.25) is 9.80 Å². The van der Waals surface area contributed by atoms with Crippen LogP contribution in [0.1, 0.15) is 6.42 Å². The highest BCUT2D eigenvalue weighted by atomic mass is 16.5. The molecule has 0 saturated carbocycles. The molecule has 6 heteroatoms. The largest absolute Gasteiger partial charge is 0.491 e. The summed E-state index contributed by atoms with van der Waals surface area (Å²) >= 11 is 0. The molecule has 0 unspecified atom stereocenters. The summed E-state index contributed by atoms with van der Waals surface area (Å²) < 4.78 is 11.8. The van der Waals surface area contributed by atoms with Gasteiger partial charge in [0.15, 0.2) is 0 Å². The van der Waals surface area contributed by atoms with Crippen LogP contribution in [-0.4, -0.2) is 84.7 Å². The van der Waals surface area contributed by atoms with E-state index >= 15 is 0 Å². The van der Waals surface area contributed by atoms with Crippen LogP contribution in [0.25, 0.3) is 21.5 Å². The Hall–Kier alpha value is -3.16. The summed E-state index contributed by atoms with van der Waals surface area (Å²) in [5.74, 6) is 1.55. The van der Waals surface area contributed by atoms with Crippen molar-refractivity contribution in [2.45, 2.75) is 18.6 Å². The third-order valence-electron chi connectivity index (χ3n) is 6.95. The van der Waals surface area contributed by atoms with Crippen LogP contribution in [0.4, 0.5) is 0 Å². The highest BCUT2D eigenvalue weighted by Gasteiger charge is 2.20. The Bertz CT molecular complexity index is 1200. The van der Waals surface area contributed by atoms with Crippen LogP contribution in [-0.2, 0) is 0 Å². The van der Waals surface area contributed by atoms with Crippen molar-refractivity contribution >= 4 is 21.5 Å². The molecule has 4 aromatic carbocycles. The van der Waals surface area contributed by atoms with Gasteiger partial charge in [0, 0.05) is 26.2 Å². The lowest BCUT2D eigenvalue weighted by Gasteiger charge is -2.25. The second-order valence-corrected chi connectivity index (χ2v) is 9.90. The molecular formula is C31H36N2O4. The van der Waals surface area contributed by atoms with E-state index in [1.54, 1.807) is 0 Å². The summed E-state index contributed by atoms with van der Waals surface area (Å²) in [6.07, 6.45) is -0.116. The van der Waals surface area contributed by atoms with E-state index in [1.807, 2.05) is 60.7 Å². The molecule has 1 aliphatic rings. The zero-order valence-corrected chi connectivity index (χ0v) is 21.2. The maximum atomic E-state index is 10.6. The van der Waals surface area contributed by atoms with Crippen LogP contribution in [0.3, 0.4) is 0 Å². The maximum absolute atomic E-state index is 10.6. The van der Waals surface area contributed by atoms with E-state index in [4.69, 9.17) is 9.47 Å². The van der Waals surface area contributed by atoms with Gasteiger partial charge in [0.2, 0.25) is 0 Å². The number of fused-ring (bicyclic) bond motifs is 2. The monoisotopic (exact) mass is 500 g/mol. The lowest BCUT2D eigenvalue weighted by molar-refractivity contribution is 0.0618. The number of aliphatic hydroxyl groups excluding tert-OH is 2. The first-order valence-corrected chi connectivity index (χ1v) is 13.2. The molecular weight excluding hydrogens is 464 g/mol. The van der Waals surface area contributed by atoms with E-state index in [0.29, 0.717) is 13.1 Å². The SMILES string of the molecule is O[C@H](COc1ccc2ccccc2c1)CN1CCCN(C[C@@H](O)COc2ccc3ccccc3c2)CC1. The number of nitrogens with zero attached hydrogens (tertiary/aromatic N) is 2. The van der Waals surface area contributed by atoms with Gasteiger partial charge < -0.3 is 19.7 Å². The van der Waals surface area contributed by atoms with Crippen LogP contribution < -0.4 is 9.47 Å². The van der Waals surface area contributed by atoms with Crippen LogP contribution >= 0.6 is 0 Å². The van der Waals surface area contributed by atoms with Gasteiger partial charge in [0.05, 0.1) is 0 Å². The zero-order valence-electron chi connectivity index (χ0n) is 21.2. The molecule has 0 radical (unpaired) electrons. The number of hydrogen-bond donors (Lipinski definition) is 2. The van der Waals surface area contributed by atoms with Gasteiger partial charge in [0.1, 0.15) is 36.9 Å². The van der Waals surface area contributed by atoms with Gasteiger partial charge >= 0.3 is 0 Å². The first-order chi connectivity index (χ1) is 18.1. The normalized spacial score (nSPS) is 16.9. The van der Waals surface area contributed by atoms with Crippen molar-refractivity contribution in [3.05, 3.63) is 84.9 Å². The second kappa shape index (κ2) is 12.4. The van der Waals surface area contributed by atoms with Crippen molar-refractivity contribution in [3.63, 3.8) is 0 Å². The van der Waals surface area contributed by atoms with Crippen LogP contribution in [0.2, 0.25) is 0 Å². The van der Waals surface area contributed by atoms with E-state index in [1.165, 1.54) is 10.8 Å². The van der Waals surface area contributed by atoms with Crippen molar-refractivity contribution in [3.8, 4) is 11.5 Å². The van der Waals surface area contributed by atoms with Crippen molar-refractivity contribution in [2.75, 3.05) is 52.5 Å². The first kappa shape index (κ1) is 25.5. The van der Waals surface area contributed by atoms with Gasteiger partial charge in [0.25, 0.3) is 0 Å². The Morgan fingerprint density at radius 3 is 1.46 bits per heavy atom. The summed E-state index contributed by atoms with van der Waals surface area (Å²) in [5.41, 5.74) is 0. The Kier molecular flexibility index (Phi) is 8.53. The van der Waals surface area contributed by atoms with Crippen LogP contribution in [0.15, 0.2) is 84.9 Å². The van der Waals surface area contributed by atoms with Crippen molar-refractivity contribution in [2.24, 2.45) is 0 Å². The number of benzene rings is 4. The molecule has 0 spiro atoms. The van der Waals surface area contributed by atoms with E-state index in [2.05, 4.69) is 34.1 Å². The Morgan fingerprint density at radius 1 is 0.568 bits per heavy atom. The number of ether oxygens (including phenoxy) is 2. The molecule has 1 saturated heterocycles. The van der Waals surface area contributed by atoms with E-state index in [-0.39, 0.29) is 13.2 Å². The topological polar surface area (TPSA) is 65.4 Å². The molecule has 1 heterocycles. The number of β-amino-alcohol motifs (C(OH)–C–C–N with tert-alkyl or cyclic N) is 2. The molecule has 0 aliphatic carbocycles. The molecule has 1 fully saturated rings. The predicted octanol–water partition coefficient (Wildman–Crippen LogP) is 4.18. The predicted molar refractivity (Wildman–Crippen MR) is 148 cm³/mol. The standard InChI is InChI=1S/C31H36N2O4/c34-28(22-36-30-12-10-24-6-1-3-8-26(24)18-30)20-32-14-5-15-33(17-16-32)21-29(35)23-37-31-13-11-25-7-2-4-9-27(25)19-31/h1-4,6-13,18-19,28-29,34-35H,5,14-17,20-23H2/t28-,29+. The Morgan fingerprint density at radius 2 is 1.00 bits per heavy atom. The summed E-state index contributed by atoms with van der Waals surface area (Å²) in [6.45, 7) is 5.24. The average Bonchev–Trinajstić information content (AvgIpc) is 3.15. The van der Waals surface area contributed by atoms with Crippen molar-refractivity contribution in [1.29, 1.82) is 0 Å². The lowest BCUT2D eigenvalue weighted by atomic mass is 10.1. The molecule has 194 valence electrons. The van der Waals surface area contributed by atoms with Crippen molar-refractivity contribution < 1.29 is 19.7 Å². The van der Waals surface area contributed by atoms with Gasteiger partial charge in [-0.05, 0) is 65.3 Å². The van der Waals surface area contributed by atoms with Gasteiger partial charge in [-0.2, -0.15) is 0 Å². The minimum atomic E-state index is -0.557. The molecule has 37 heavy (non-hydrogen) atoms. The second-order valence-electron chi connectivity index (χ2n) is 9.90. The fourth-order valence-electron chi connectivity index (χ4n) is 4.99. The third kappa shape index (κ3) is 7.21. The minimum absolute atomic E-state index is 0.267. The van der Waals surface area contributed by atoms with Crippen LogP contribution in [0.5, 0.6) is 11.5 Å². The number of hydrogen-bond acceptors (Lipinski definition) is 6. The van der Waals surface area contributed by atoms with Crippen molar-refractivity contribution in [1.82, 2.24) is 9.80 Å². The fraction of sp³-hybridized carbons (Fsp3) is 0.355. The quantitative estimate of drug-likeness (QED) is 0.341. The zero-order chi connectivity index (χ0) is 25.5. The summed E-state index contributed by atoms with van der Waals surface area (Å²) in [7, 11) is 0. The highest BCUT2D eigenvalue weighted by molar-refractivity contribution is 5.84. The third-order valence-corrected chi connectivity index (χ3v) is 6.95. The number of rotatable bonds is 10. The van der Waals surface area contributed by atoms with Gasteiger partial charge in [-0.25, -0.2) is 0 Å². The van der Waals surface area contributed by atoms with Crippen LogP contribution in [0, 0.1) is 0 Å². The summed E-state index contributed by atoms with van der Waals surface area (Å²) in [5, 5.41) is 25.8. The maximum Gasteiger partial charge on any atom is 0.120 e. The van der Waals surface area contributed by atoms with E-state index < -0.39 is 12.2 Å². The molecule has 5 rings (SSSR count). The lowest BCUT2D eigenvalue weighted by Crippen LogP contribution is -2.40. The first-order valence-electron chi connectivity index (χ1n) is 13.2. The molecule has 4 aromatic rings. The average molecular weight is 501 g/mol. The smallest absolute Gasteiger partial charge is 0.120 e.